The van der Waals surface area contributed by atoms with Gasteiger partial charge in [0, 0.05) is 19.2 Å². The summed E-state index contributed by atoms with van der Waals surface area (Å²) in [6, 6.07) is 6.35. The quantitative estimate of drug-likeness (QED) is 0.769. The van der Waals surface area contributed by atoms with Crippen molar-refractivity contribution in [1.82, 2.24) is 10.2 Å². The summed E-state index contributed by atoms with van der Waals surface area (Å²) in [5, 5.41) is 15.7. The summed E-state index contributed by atoms with van der Waals surface area (Å²) in [7, 11) is 0. The summed E-state index contributed by atoms with van der Waals surface area (Å²) in [4.78, 5) is 2.30. The van der Waals surface area contributed by atoms with Gasteiger partial charge in [0.05, 0.1) is 6.20 Å². The minimum Gasteiger partial charge on any atom is -0.348 e. The molecular formula is C13H13N3S2. The fourth-order valence-corrected chi connectivity index (χ4v) is 3.18. The number of rotatable bonds is 5. The molecule has 92 valence electrons. The van der Waals surface area contributed by atoms with Crippen LogP contribution in [0.2, 0.25) is 0 Å². The number of nitrogens with one attached hydrogen (secondary N) is 1. The molecule has 0 amide bonds. The zero-order chi connectivity index (χ0) is 12.2. The Morgan fingerprint density at radius 1 is 1.00 bits per heavy atom. The summed E-state index contributed by atoms with van der Waals surface area (Å²) in [5.41, 5.74) is 2.68. The summed E-state index contributed by atoms with van der Waals surface area (Å²) < 4.78 is 0. The lowest BCUT2D eigenvalue weighted by Crippen LogP contribution is -2.21. The molecule has 3 aromatic rings. The van der Waals surface area contributed by atoms with Crippen molar-refractivity contribution in [2.75, 3.05) is 4.90 Å². The lowest BCUT2D eigenvalue weighted by atomic mass is 10.2. The molecule has 3 nitrogen and oxygen atoms in total. The van der Waals surface area contributed by atoms with Crippen LogP contribution in [0.5, 0.6) is 0 Å². The Balaban J connectivity index is 1.80. The first-order chi connectivity index (χ1) is 8.92. The topological polar surface area (TPSA) is 31.9 Å². The van der Waals surface area contributed by atoms with Crippen LogP contribution in [-0.2, 0) is 13.1 Å². The zero-order valence-corrected chi connectivity index (χ0v) is 11.4. The van der Waals surface area contributed by atoms with Crippen molar-refractivity contribution in [1.29, 1.82) is 0 Å². The first-order valence-corrected chi connectivity index (χ1v) is 7.57. The number of H-pyrrole nitrogens is 1. The standard InChI is InChI=1S/C13H13N3S2/c1-4-14-15-13(1)16(7-11-2-5-17-9-11)8-12-3-6-18-10-12/h1-6,9-10H,7-8H2,(H,14,15). The second kappa shape index (κ2) is 5.37. The summed E-state index contributed by atoms with van der Waals surface area (Å²) >= 11 is 3.47. The first kappa shape index (κ1) is 11.5. The van der Waals surface area contributed by atoms with E-state index >= 15 is 0 Å². The van der Waals surface area contributed by atoms with Crippen molar-refractivity contribution in [3.8, 4) is 0 Å². The molecule has 0 atom stereocenters. The molecule has 5 heteroatoms. The smallest absolute Gasteiger partial charge is 0.124 e. The zero-order valence-electron chi connectivity index (χ0n) is 9.74. The Bertz CT molecular complexity index is 519. The number of thiophene rings is 2. The predicted molar refractivity (Wildman–Crippen MR) is 77.1 cm³/mol. The number of hydrogen-bond acceptors (Lipinski definition) is 4. The van der Waals surface area contributed by atoms with E-state index in [1.807, 2.05) is 6.07 Å². The van der Waals surface area contributed by atoms with E-state index in [9.17, 15) is 0 Å². The highest BCUT2D eigenvalue weighted by atomic mass is 32.1. The maximum Gasteiger partial charge on any atom is 0.124 e. The molecule has 0 aliphatic heterocycles. The predicted octanol–water partition coefficient (Wildman–Crippen LogP) is 3.74. The first-order valence-electron chi connectivity index (χ1n) is 5.68. The summed E-state index contributed by atoms with van der Waals surface area (Å²) in [6.45, 7) is 1.81. The molecule has 0 fully saturated rings. The van der Waals surface area contributed by atoms with Crippen LogP contribution in [0.15, 0.2) is 45.9 Å². The van der Waals surface area contributed by atoms with Crippen molar-refractivity contribution < 1.29 is 0 Å². The molecule has 0 aliphatic rings. The van der Waals surface area contributed by atoms with E-state index in [-0.39, 0.29) is 0 Å². The third kappa shape index (κ3) is 2.63. The second-order valence-corrected chi connectivity index (χ2v) is 5.62. The Hall–Kier alpha value is -1.59. The van der Waals surface area contributed by atoms with Crippen LogP contribution in [0.4, 0.5) is 5.82 Å². The van der Waals surface area contributed by atoms with Gasteiger partial charge in [-0.15, -0.1) is 0 Å². The maximum atomic E-state index is 4.04. The largest absolute Gasteiger partial charge is 0.348 e. The lowest BCUT2D eigenvalue weighted by Gasteiger charge is -2.21. The van der Waals surface area contributed by atoms with Gasteiger partial charge >= 0.3 is 0 Å². The number of aromatic nitrogens is 2. The molecule has 18 heavy (non-hydrogen) atoms. The van der Waals surface area contributed by atoms with Crippen LogP contribution in [-0.4, -0.2) is 10.2 Å². The number of nitrogens with zero attached hydrogens (tertiary/aromatic N) is 2. The van der Waals surface area contributed by atoms with Gasteiger partial charge in [0.2, 0.25) is 0 Å². The van der Waals surface area contributed by atoms with Crippen LogP contribution in [0.3, 0.4) is 0 Å². The number of hydrogen-bond donors (Lipinski definition) is 1. The molecule has 0 saturated carbocycles. The third-order valence-corrected chi connectivity index (χ3v) is 4.20. The second-order valence-electron chi connectivity index (χ2n) is 4.06. The van der Waals surface area contributed by atoms with Crippen molar-refractivity contribution >= 4 is 28.5 Å². The van der Waals surface area contributed by atoms with E-state index in [0.717, 1.165) is 18.9 Å². The summed E-state index contributed by atoms with van der Waals surface area (Å²) in [5.74, 6) is 1.06. The Morgan fingerprint density at radius 3 is 2.11 bits per heavy atom. The molecule has 3 aromatic heterocycles. The highest BCUT2D eigenvalue weighted by Crippen LogP contribution is 2.19. The monoisotopic (exact) mass is 275 g/mol. The minimum atomic E-state index is 0.904. The maximum absolute atomic E-state index is 4.04. The molecule has 0 radical (unpaired) electrons. The Morgan fingerprint density at radius 2 is 1.67 bits per heavy atom. The van der Waals surface area contributed by atoms with Gasteiger partial charge in [-0.05, 0) is 44.8 Å². The van der Waals surface area contributed by atoms with Gasteiger partial charge in [-0.25, -0.2) is 0 Å². The number of aromatic amines is 1. The molecule has 0 aliphatic carbocycles. The molecule has 1 N–H and O–H groups in total. The van der Waals surface area contributed by atoms with E-state index in [1.54, 1.807) is 28.9 Å². The molecule has 0 saturated heterocycles. The van der Waals surface area contributed by atoms with E-state index in [4.69, 9.17) is 0 Å². The lowest BCUT2D eigenvalue weighted by molar-refractivity contribution is 0.783. The van der Waals surface area contributed by atoms with Crippen molar-refractivity contribution in [3.63, 3.8) is 0 Å². The Kier molecular flexibility index (Phi) is 3.43. The fraction of sp³-hybridized carbons (Fsp3) is 0.154. The van der Waals surface area contributed by atoms with Crippen molar-refractivity contribution in [2.45, 2.75) is 13.1 Å². The van der Waals surface area contributed by atoms with Crippen LogP contribution in [0.1, 0.15) is 11.1 Å². The van der Waals surface area contributed by atoms with Crippen LogP contribution in [0, 0.1) is 0 Å². The van der Waals surface area contributed by atoms with Crippen LogP contribution < -0.4 is 4.90 Å². The van der Waals surface area contributed by atoms with Gasteiger partial charge in [-0.2, -0.15) is 27.8 Å². The average Bonchev–Trinajstić information content (AvgIpc) is 3.13. The van der Waals surface area contributed by atoms with Gasteiger partial charge in [0.25, 0.3) is 0 Å². The highest BCUT2D eigenvalue weighted by Gasteiger charge is 2.10. The molecule has 3 rings (SSSR count). The van der Waals surface area contributed by atoms with Gasteiger partial charge in [0.15, 0.2) is 0 Å². The van der Waals surface area contributed by atoms with Gasteiger partial charge < -0.3 is 4.90 Å². The molecule has 0 unspecified atom stereocenters. The molecule has 0 bridgehead atoms. The van der Waals surface area contributed by atoms with E-state index in [2.05, 4.69) is 48.8 Å². The van der Waals surface area contributed by atoms with Crippen LogP contribution >= 0.6 is 22.7 Å². The number of anilines is 1. The third-order valence-electron chi connectivity index (χ3n) is 2.73. The van der Waals surface area contributed by atoms with Crippen molar-refractivity contribution in [3.05, 3.63) is 57.0 Å². The van der Waals surface area contributed by atoms with Gasteiger partial charge in [-0.3, -0.25) is 5.10 Å². The fourth-order valence-electron chi connectivity index (χ4n) is 1.86. The van der Waals surface area contributed by atoms with Gasteiger partial charge in [0.1, 0.15) is 5.82 Å². The Labute approximate surface area is 114 Å². The molecular weight excluding hydrogens is 262 g/mol. The molecule has 0 spiro atoms. The van der Waals surface area contributed by atoms with E-state index in [1.165, 1.54) is 11.1 Å². The van der Waals surface area contributed by atoms with Crippen molar-refractivity contribution in [2.24, 2.45) is 0 Å². The minimum absolute atomic E-state index is 0.904. The normalized spacial score (nSPS) is 10.7. The van der Waals surface area contributed by atoms with E-state index in [0.29, 0.717) is 0 Å². The summed E-state index contributed by atoms with van der Waals surface area (Å²) in [6.07, 6.45) is 1.80. The highest BCUT2D eigenvalue weighted by molar-refractivity contribution is 7.08. The van der Waals surface area contributed by atoms with Gasteiger partial charge in [-0.1, -0.05) is 0 Å². The van der Waals surface area contributed by atoms with Crippen LogP contribution in [0.25, 0.3) is 0 Å². The SMILES string of the molecule is c1cc(N(Cc2ccsc2)Cc2ccsc2)[nH]n1. The molecule has 3 heterocycles. The molecule has 0 aromatic carbocycles. The average molecular weight is 275 g/mol. The van der Waals surface area contributed by atoms with E-state index < -0.39 is 0 Å².